The van der Waals surface area contributed by atoms with Crippen LogP contribution in [0.5, 0.6) is 5.75 Å². The fourth-order valence-electron chi connectivity index (χ4n) is 3.21. The molecule has 0 bridgehead atoms. The van der Waals surface area contributed by atoms with Crippen LogP contribution in [0.3, 0.4) is 0 Å². The molecule has 29 heavy (non-hydrogen) atoms. The highest BCUT2D eigenvalue weighted by atomic mass is 19.1. The molecule has 1 amide bonds. The number of aliphatic imine (C=N–C) groups is 1. The first-order valence-electron chi connectivity index (χ1n) is 9.95. The molecular formula is C22H27FN4O2. The first-order chi connectivity index (χ1) is 14.2. The van der Waals surface area contributed by atoms with E-state index in [1.807, 2.05) is 31.2 Å². The Morgan fingerprint density at radius 1 is 1.21 bits per heavy atom. The van der Waals surface area contributed by atoms with Gasteiger partial charge in [0.1, 0.15) is 11.6 Å². The van der Waals surface area contributed by atoms with Crippen LogP contribution < -0.4 is 20.7 Å². The number of amides is 1. The SMILES string of the molecule is CCNC(=NCC1CC(=O)Nc2ccccc21)NCCCOc1ccc(F)cc1. The van der Waals surface area contributed by atoms with Crippen molar-refractivity contribution in [1.29, 1.82) is 0 Å². The molecule has 3 N–H and O–H groups in total. The predicted molar refractivity (Wildman–Crippen MR) is 113 cm³/mol. The summed E-state index contributed by atoms with van der Waals surface area (Å²) in [4.78, 5) is 16.6. The lowest BCUT2D eigenvalue weighted by Crippen LogP contribution is -2.38. The van der Waals surface area contributed by atoms with E-state index in [2.05, 4.69) is 20.9 Å². The summed E-state index contributed by atoms with van der Waals surface area (Å²) in [6.07, 6.45) is 1.21. The molecule has 0 saturated heterocycles. The number of fused-ring (bicyclic) bond motifs is 1. The quantitative estimate of drug-likeness (QED) is 0.362. The number of benzene rings is 2. The first kappa shape index (κ1) is 20.6. The maximum Gasteiger partial charge on any atom is 0.225 e. The van der Waals surface area contributed by atoms with Crippen LogP contribution in [-0.4, -0.2) is 38.1 Å². The Morgan fingerprint density at radius 2 is 2.00 bits per heavy atom. The molecule has 6 nitrogen and oxygen atoms in total. The number of hydrogen-bond donors (Lipinski definition) is 3. The number of rotatable bonds is 8. The molecule has 0 radical (unpaired) electrons. The molecule has 0 aliphatic carbocycles. The number of halogens is 1. The van der Waals surface area contributed by atoms with E-state index in [1.165, 1.54) is 12.1 Å². The van der Waals surface area contributed by atoms with E-state index in [1.54, 1.807) is 12.1 Å². The van der Waals surface area contributed by atoms with Crippen molar-refractivity contribution in [3.05, 3.63) is 59.9 Å². The van der Waals surface area contributed by atoms with Crippen LogP contribution in [0.2, 0.25) is 0 Å². The van der Waals surface area contributed by atoms with Gasteiger partial charge in [0.15, 0.2) is 5.96 Å². The highest BCUT2D eigenvalue weighted by Gasteiger charge is 2.24. The number of carbonyl (C=O) groups excluding carboxylic acids is 1. The van der Waals surface area contributed by atoms with Gasteiger partial charge >= 0.3 is 0 Å². The van der Waals surface area contributed by atoms with Crippen LogP contribution in [0, 0.1) is 5.82 Å². The van der Waals surface area contributed by atoms with Gasteiger partial charge in [-0.1, -0.05) is 18.2 Å². The summed E-state index contributed by atoms with van der Waals surface area (Å²) in [5.74, 6) is 1.19. The lowest BCUT2D eigenvalue weighted by atomic mass is 9.91. The summed E-state index contributed by atoms with van der Waals surface area (Å²) < 4.78 is 18.5. The molecule has 1 atom stereocenters. The summed E-state index contributed by atoms with van der Waals surface area (Å²) in [6.45, 7) is 4.51. The Morgan fingerprint density at radius 3 is 2.79 bits per heavy atom. The van der Waals surface area contributed by atoms with E-state index in [4.69, 9.17) is 4.74 Å². The minimum Gasteiger partial charge on any atom is -0.494 e. The Bertz CT molecular complexity index is 839. The number of hydrogen-bond acceptors (Lipinski definition) is 3. The largest absolute Gasteiger partial charge is 0.494 e. The van der Waals surface area contributed by atoms with Crippen molar-refractivity contribution in [3.63, 3.8) is 0 Å². The van der Waals surface area contributed by atoms with Crippen molar-refractivity contribution in [3.8, 4) is 5.75 Å². The molecule has 1 heterocycles. The Kier molecular flexibility index (Phi) is 7.44. The number of nitrogens with zero attached hydrogens (tertiary/aromatic N) is 1. The number of ether oxygens (including phenoxy) is 1. The Labute approximate surface area is 170 Å². The van der Waals surface area contributed by atoms with Crippen molar-refractivity contribution in [2.75, 3.05) is 31.6 Å². The molecule has 2 aromatic rings. The van der Waals surface area contributed by atoms with E-state index in [-0.39, 0.29) is 17.6 Å². The van der Waals surface area contributed by atoms with Gasteiger partial charge in [-0.15, -0.1) is 0 Å². The van der Waals surface area contributed by atoms with Gasteiger partial charge in [0.05, 0.1) is 13.2 Å². The monoisotopic (exact) mass is 398 g/mol. The van der Waals surface area contributed by atoms with Crippen LogP contribution in [0.4, 0.5) is 10.1 Å². The van der Waals surface area contributed by atoms with Crippen LogP contribution in [0.1, 0.15) is 31.2 Å². The molecule has 1 unspecified atom stereocenters. The Balaban J connectivity index is 1.48. The number of nitrogens with one attached hydrogen (secondary N) is 3. The average Bonchev–Trinajstić information content (AvgIpc) is 2.72. The summed E-state index contributed by atoms with van der Waals surface area (Å²) >= 11 is 0. The smallest absolute Gasteiger partial charge is 0.225 e. The van der Waals surface area contributed by atoms with Gasteiger partial charge in [0, 0.05) is 31.1 Å². The fraction of sp³-hybridized carbons (Fsp3) is 0.364. The zero-order valence-corrected chi connectivity index (χ0v) is 16.6. The Hall–Kier alpha value is -3.09. The second-order valence-electron chi connectivity index (χ2n) is 6.84. The summed E-state index contributed by atoms with van der Waals surface area (Å²) in [5.41, 5.74) is 2.00. The normalized spacial score (nSPS) is 16.0. The lowest BCUT2D eigenvalue weighted by molar-refractivity contribution is -0.116. The molecule has 7 heteroatoms. The zero-order chi connectivity index (χ0) is 20.5. The highest BCUT2D eigenvalue weighted by Crippen LogP contribution is 2.31. The molecule has 3 rings (SSSR count). The maximum atomic E-state index is 12.9. The molecule has 0 aromatic heterocycles. The maximum absolute atomic E-state index is 12.9. The van der Waals surface area contributed by atoms with E-state index in [0.29, 0.717) is 31.9 Å². The second kappa shape index (κ2) is 10.5. The van der Waals surface area contributed by atoms with Gasteiger partial charge in [-0.3, -0.25) is 9.79 Å². The molecular weight excluding hydrogens is 371 g/mol. The molecule has 1 aliphatic rings. The van der Waals surface area contributed by atoms with Crippen molar-refractivity contribution in [2.45, 2.75) is 25.7 Å². The van der Waals surface area contributed by atoms with Gasteiger partial charge in [-0.2, -0.15) is 0 Å². The fourth-order valence-corrected chi connectivity index (χ4v) is 3.21. The van der Waals surface area contributed by atoms with Gasteiger partial charge in [-0.05, 0) is 49.2 Å². The predicted octanol–water partition coefficient (Wildman–Crippen LogP) is 3.28. The number of carbonyl (C=O) groups is 1. The van der Waals surface area contributed by atoms with Crippen molar-refractivity contribution < 1.29 is 13.9 Å². The molecule has 2 aromatic carbocycles. The summed E-state index contributed by atoms with van der Waals surface area (Å²) in [6, 6.07) is 13.9. The first-order valence-corrected chi connectivity index (χ1v) is 9.95. The topological polar surface area (TPSA) is 74.8 Å². The molecule has 154 valence electrons. The van der Waals surface area contributed by atoms with Gasteiger partial charge in [0.2, 0.25) is 5.91 Å². The highest BCUT2D eigenvalue weighted by molar-refractivity contribution is 5.94. The van der Waals surface area contributed by atoms with Crippen molar-refractivity contribution in [1.82, 2.24) is 10.6 Å². The van der Waals surface area contributed by atoms with E-state index in [0.717, 1.165) is 30.2 Å². The molecule has 0 saturated carbocycles. The van der Waals surface area contributed by atoms with E-state index < -0.39 is 0 Å². The summed E-state index contributed by atoms with van der Waals surface area (Å²) in [7, 11) is 0. The molecule has 0 fully saturated rings. The van der Waals surface area contributed by atoms with Crippen LogP contribution in [0.15, 0.2) is 53.5 Å². The molecule has 0 spiro atoms. The van der Waals surface area contributed by atoms with E-state index >= 15 is 0 Å². The second-order valence-corrected chi connectivity index (χ2v) is 6.84. The van der Waals surface area contributed by atoms with Crippen LogP contribution in [-0.2, 0) is 4.79 Å². The zero-order valence-electron chi connectivity index (χ0n) is 16.6. The van der Waals surface area contributed by atoms with Crippen molar-refractivity contribution >= 4 is 17.6 Å². The minimum absolute atomic E-state index is 0.0276. The lowest BCUT2D eigenvalue weighted by Gasteiger charge is -2.24. The van der Waals surface area contributed by atoms with Gasteiger partial charge in [-0.25, -0.2) is 4.39 Å². The third-order valence-corrected chi connectivity index (χ3v) is 4.62. The van der Waals surface area contributed by atoms with Crippen LogP contribution in [0.25, 0.3) is 0 Å². The minimum atomic E-state index is -0.274. The van der Waals surface area contributed by atoms with E-state index in [9.17, 15) is 9.18 Å². The number of guanidine groups is 1. The number of anilines is 1. The van der Waals surface area contributed by atoms with Crippen LogP contribution >= 0.6 is 0 Å². The summed E-state index contributed by atoms with van der Waals surface area (Å²) in [5, 5.41) is 9.43. The third kappa shape index (κ3) is 6.20. The standard InChI is InChI=1S/C22H27FN4O2/c1-2-24-22(25-12-5-13-29-18-10-8-17(23)9-11-18)26-15-16-14-21(28)27-20-7-4-3-6-19(16)20/h3-4,6-11,16H,2,5,12-15H2,1H3,(H,27,28)(H2,24,25,26). The molecule has 1 aliphatic heterocycles. The van der Waals surface area contributed by atoms with Gasteiger partial charge in [0.25, 0.3) is 0 Å². The average molecular weight is 398 g/mol. The third-order valence-electron chi connectivity index (χ3n) is 4.62. The number of para-hydroxylation sites is 1. The van der Waals surface area contributed by atoms with Gasteiger partial charge < -0.3 is 20.7 Å². The van der Waals surface area contributed by atoms with Crippen molar-refractivity contribution in [2.24, 2.45) is 4.99 Å².